The molecule has 0 amide bonds. The van der Waals surface area contributed by atoms with Gasteiger partial charge in [0, 0.05) is 10.6 Å². The molecule has 0 aromatic heterocycles. The summed E-state index contributed by atoms with van der Waals surface area (Å²) >= 11 is 5.81. The van der Waals surface area contributed by atoms with Crippen LogP contribution in [0, 0.1) is 0 Å². The quantitative estimate of drug-likeness (QED) is 0.872. The maximum Gasteiger partial charge on any atom is 0.184 e. The summed E-state index contributed by atoms with van der Waals surface area (Å²) in [6.07, 6.45) is 0. The van der Waals surface area contributed by atoms with Crippen LogP contribution in [0.2, 0.25) is 5.02 Å². The van der Waals surface area contributed by atoms with Crippen LogP contribution < -0.4 is 10.5 Å². The van der Waals surface area contributed by atoms with Crippen LogP contribution in [-0.4, -0.2) is 12.9 Å². The summed E-state index contributed by atoms with van der Waals surface area (Å²) in [5.41, 5.74) is 7.27. The number of halogens is 1. The number of methoxy groups -OCH3 is 1. The maximum atomic E-state index is 12.2. The number of carbonyl (C=O) groups is 1. The van der Waals surface area contributed by atoms with Crippen molar-refractivity contribution in [2.45, 2.75) is 6.04 Å². The van der Waals surface area contributed by atoms with E-state index in [4.69, 9.17) is 22.1 Å². The van der Waals surface area contributed by atoms with Gasteiger partial charge in [0.25, 0.3) is 0 Å². The smallest absolute Gasteiger partial charge is 0.184 e. The Morgan fingerprint density at radius 2 is 1.68 bits per heavy atom. The molecule has 0 saturated heterocycles. The van der Waals surface area contributed by atoms with Gasteiger partial charge in [-0.15, -0.1) is 0 Å². The molecule has 2 rings (SSSR count). The molecule has 2 N–H and O–H groups in total. The Labute approximate surface area is 117 Å². The Balaban J connectivity index is 2.20. The standard InChI is InChI=1S/C15H14ClNO2/c1-19-13-8-4-11(5-9-13)15(18)14(17)10-2-6-12(16)7-3-10/h2-9,14H,17H2,1H3. The van der Waals surface area contributed by atoms with Crippen molar-refractivity contribution in [1.82, 2.24) is 0 Å². The predicted molar refractivity (Wildman–Crippen MR) is 75.7 cm³/mol. The van der Waals surface area contributed by atoms with Gasteiger partial charge in [0.1, 0.15) is 5.75 Å². The van der Waals surface area contributed by atoms with Crippen LogP contribution in [0.1, 0.15) is 22.0 Å². The first kappa shape index (κ1) is 13.6. The van der Waals surface area contributed by atoms with E-state index in [1.165, 1.54) is 0 Å². The van der Waals surface area contributed by atoms with Gasteiger partial charge < -0.3 is 10.5 Å². The van der Waals surface area contributed by atoms with Gasteiger partial charge in [-0.3, -0.25) is 4.79 Å². The normalized spacial score (nSPS) is 11.9. The van der Waals surface area contributed by atoms with Gasteiger partial charge in [-0.05, 0) is 42.0 Å². The number of rotatable bonds is 4. The van der Waals surface area contributed by atoms with Crippen molar-refractivity contribution in [1.29, 1.82) is 0 Å². The third kappa shape index (κ3) is 3.13. The second-order valence-electron chi connectivity index (χ2n) is 4.12. The largest absolute Gasteiger partial charge is 0.497 e. The van der Waals surface area contributed by atoms with E-state index in [2.05, 4.69) is 0 Å². The molecule has 0 aliphatic heterocycles. The molecule has 98 valence electrons. The van der Waals surface area contributed by atoms with Gasteiger partial charge in [-0.2, -0.15) is 0 Å². The molecule has 0 saturated carbocycles. The highest BCUT2D eigenvalue weighted by Crippen LogP contribution is 2.20. The SMILES string of the molecule is COc1ccc(C(=O)C(N)c2ccc(Cl)cc2)cc1. The van der Waals surface area contributed by atoms with Crippen LogP contribution in [-0.2, 0) is 0 Å². The zero-order chi connectivity index (χ0) is 13.8. The first-order chi connectivity index (χ1) is 9.11. The summed E-state index contributed by atoms with van der Waals surface area (Å²) in [4.78, 5) is 12.2. The fourth-order valence-corrected chi connectivity index (χ4v) is 1.88. The van der Waals surface area contributed by atoms with Gasteiger partial charge in [-0.1, -0.05) is 23.7 Å². The first-order valence-corrected chi connectivity index (χ1v) is 6.19. The Hall–Kier alpha value is -1.84. The Morgan fingerprint density at radius 1 is 1.11 bits per heavy atom. The third-order valence-corrected chi connectivity index (χ3v) is 3.14. The van der Waals surface area contributed by atoms with E-state index < -0.39 is 6.04 Å². The van der Waals surface area contributed by atoms with Crippen LogP contribution in [0.3, 0.4) is 0 Å². The van der Waals surface area contributed by atoms with Crippen LogP contribution >= 0.6 is 11.6 Å². The molecule has 0 fully saturated rings. The average molecular weight is 276 g/mol. The number of hydrogen-bond donors (Lipinski definition) is 1. The Kier molecular flexibility index (Phi) is 4.20. The van der Waals surface area contributed by atoms with Crippen LogP contribution in [0.15, 0.2) is 48.5 Å². The summed E-state index contributed by atoms with van der Waals surface area (Å²) < 4.78 is 5.05. The molecule has 0 spiro atoms. The fraction of sp³-hybridized carbons (Fsp3) is 0.133. The minimum absolute atomic E-state index is 0.134. The molecule has 1 unspecified atom stereocenters. The van der Waals surface area contributed by atoms with E-state index in [0.717, 1.165) is 5.56 Å². The fourth-order valence-electron chi connectivity index (χ4n) is 1.76. The molecule has 2 aromatic carbocycles. The summed E-state index contributed by atoms with van der Waals surface area (Å²) in [5, 5.41) is 0.618. The molecule has 0 bridgehead atoms. The van der Waals surface area contributed by atoms with Gasteiger partial charge in [-0.25, -0.2) is 0 Å². The minimum Gasteiger partial charge on any atom is -0.497 e. The summed E-state index contributed by atoms with van der Waals surface area (Å²) in [5.74, 6) is 0.571. The minimum atomic E-state index is -0.689. The highest BCUT2D eigenvalue weighted by Gasteiger charge is 2.17. The monoisotopic (exact) mass is 275 g/mol. The number of benzene rings is 2. The van der Waals surface area contributed by atoms with E-state index in [1.807, 2.05) is 0 Å². The number of nitrogens with two attached hydrogens (primary N) is 1. The average Bonchev–Trinajstić information content (AvgIpc) is 2.46. The molecule has 2 aromatic rings. The number of hydrogen-bond acceptors (Lipinski definition) is 3. The van der Waals surface area contributed by atoms with E-state index in [0.29, 0.717) is 16.3 Å². The molecule has 0 aliphatic carbocycles. The second kappa shape index (κ2) is 5.87. The van der Waals surface area contributed by atoms with Gasteiger partial charge in [0.05, 0.1) is 13.2 Å². The lowest BCUT2D eigenvalue weighted by Crippen LogP contribution is -2.21. The molecular formula is C15H14ClNO2. The zero-order valence-corrected chi connectivity index (χ0v) is 11.2. The van der Waals surface area contributed by atoms with Crippen molar-refractivity contribution in [2.75, 3.05) is 7.11 Å². The Bertz CT molecular complexity index is 564. The van der Waals surface area contributed by atoms with Gasteiger partial charge in [0.15, 0.2) is 5.78 Å². The lowest BCUT2D eigenvalue weighted by molar-refractivity contribution is 0.0961. The lowest BCUT2D eigenvalue weighted by atomic mass is 9.98. The van der Waals surface area contributed by atoms with Crippen molar-refractivity contribution >= 4 is 17.4 Å². The summed E-state index contributed by atoms with van der Waals surface area (Å²) in [6, 6.07) is 13.2. The number of Topliss-reactive ketones (excluding diaryl/α,β-unsaturated/α-hetero) is 1. The summed E-state index contributed by atoms with van der Waals surface area (Å²) in [6.45, 7) is 0. The van der Waals surface area contributed by atoms with Crippen molar-refractivity contribution in [3.05, 3.63) is 64.7 Å². The highest BCUT2D eigenvalue weighted by molar-refractivity contribution is 6.30. The van der Waals surface area contributed by atoms with E-state index in [-0.39, 0.29) is 5.78 Å². The molecule has 0 radical (unpaired) electrons. The van der Waals surface area contributed by atoms with Crippen molar-refractivity contribution < 1.29 is 9.53 Å². The molecule has 0 aliphatic rings. The second-order valence-corrected chi connectivity index (χ2v) is 4.56. The van der Waals surface area contributed by atoms with Crippen molar-refractivity contribution in [2.24, 2.45) is 5.73 Å². The van der Waals surface area contributed by atoms with Crippen LogP contribution in [0.5, 0.6) is 5.75 Å². The van der Waals surface area contributed by atoms with Gasteiger partial charge >= 0.3 is 0 Å². The van der Waals surface area contributed by atoms with E-state index in [9.17, 15) is 4.79 Å². The lowest BCUT2D eigenvalue weighted by Gasteiger charge is -2.11. The molecule has 3 nitrogen and oxygen atoms in total. The zero-order valence-electron chi connectivity index (χ0n) is 10.5. The van der Waals surface area contributed by atoms with Crippen molar-refractivity contribution in [3.8, 4) is 5.75 Å². The Morgan fingerprint density at radius 3 is 2.21 bits per heavy atom. The third-order valence-electron chi connectivity index (χ3n) is 2.89. The molecule has 19 heavy (non-hydrogen) atoms. The number of carbonyl (C=O) groups excluding carboxylic acids is 1. The van der Waals surface area contributed by atoms with Crippen LogP contribution in [0.25, 0.3) is 0 Å². The number of ketones is 1. The van der Waals surface area contributed by atoms with E-state index >= 15 is 0 Å². The van der Waals surface area contributed by atoms with Gasteiger partial charge in [0.2, 0.25) is 0 Å². The van der Waals surface area contributed by atoms with Crippen molar-refractivity contribution in [3.63, 3.8) is 0 Å². The molecule has 4 heteroatoms. The van der Waals surface area contributed by atoms with Crippen LogP contribution in [0.4, 0.5) is 0 Å². The molecule has 1 atom stereocenters. The highest BCUT2D eigenvalue weighted by atomic mass is 35.5. The first-order valence-electron chi connectivity index (χ1n) is 5.81. The molecular weight excluding hydrogens is 262 g/mol. The topological polar surface area (TPSA) is 52.3 Å². The predicted octanol–water partition coefficient (Wildman–Crippen LogP) is 3.23. The van der Waals surface area contributed by atoms with E-state index in [1.54, 1.807) is 55.6 Å². The summed E-state index contributed by atoms with van der Waals surface area (Å²) in [7, 11) is 1.58. The maximum absolute atomic E-state index is 12.2. The number of ether oxygens (including phenoxy) is 1. The molecule has 0 heterocycles.